The number of aromatic amines is 1. The van der Waals surface area contributed by atoms with Gasteiger partial charge in [-0.2, -0.15) is 0 Å². The monoisotopic (exact) mass is 330 g/mol. The molecule has 0 fully saturated rings. The predicted octanol–water partition coefficient (Wildman–Crippen LogP) is 1.72. The van der Waals surface area contributed by atoms with E-state index in [0.717, 1.165) is 5.46 Å². The van der Waals surface area contributed by atoms with E-state index in [0.29, 0.717) is 16.2 Å². The molecule has 0 saturated carbocycles. The molecule has 1 heterocycles. The molecule has 0 radical (unpaired) electrons. The Morgan fingerprint density at radius 3 is 2.87 bits per heavy atom. The minimum Gasteiger partial charge on any atom is -0.355 e. The van der Waals surface area contributed by atoms with Crippen LogP contribution in [0.15, 0.2) is 30.6 Å². The zero-order valence-corrected chi connectivity index (χ0v) is 13.3. The van der Waals surface area contributed by atoms with Gasteiger partial charge in [-0.1, -0.05) is 23.1 Å². The van der Waals surface area contributed by atoms with E-state index >= 15 is 0 Å². The minimum atomic E-state index is -0.612. The van der Waals surface area contributed by atoms with Crippen LogP contribution in [0.1, 0.15) is 10.4 Å². The SMILES string of the molecule is Bc1ccc(Nc2c(C(=O)NC)cc3[nH]cnc3c2F)c(Cl)c1. The molecule has 0 aliphatic heterocycles. The van der Waals surface area contributed by atoms with Crippen LogP contribution in [0.3, 0.4) is 0 Å². The summed E-state index contributed by atoms with van der Waals surface area (Å²) in [6.45, 7) is 0. The number of carbonyl (C=O) groups is 1. The molecule has 0 unspecified atom stereocenters. The fraction of sp³-hybridized carbons (Fsp3) is 0.0667. The summed E-state index contributed by atoms with van der Waals surface area (Å²) < 4.78 is 14.8. The molecule has 0 spiro atoms. The van der Waals surface area contributed by atoms with Gasteiger partial charge in [0.2, 0.25) is 0 Å². The number of aromatic nitrogens is 2. The first-order valence-electron chi connectivity index (χ1n) is 6.92. The maximum absolute atomic E-state index is 14.8. The number of fused-ring (bicyclic) bond motifs is 1. The average Bonchev–Trinajstić information content (AvgIpc) is 3.00. The number of hydrogen-bond donors (Lipinski definition) is 3. The van der Waals surface area contributed by atoms with Crippen molar-refractivity contribution in [3.8, 4) is 0 Å². The van der Waals surface area contributed by atoms with Crippen LogP contribution in [0.2, 0.25) is 5.02 Å². The number of benzene rings is 2. The van der Waals surface area contributed by atoms with Gasteiger partial charge in [0, 0.05) is 7.05 Å². The highest BCUT2D eigenvalue weighted by Gasteiger charge is 2.20. The molecular formula is C15H13BClFN4O. The molecule has 1 aromatic heterocycles. The van der Waals surface area contributed by atoms with Crippen molar-refractivity contribution >= 4 is 53.2 Å². The van der Waals surface area contributed by atoms with Gasteiger partial charge in [0.05, 0.1) is 33.8 Å². The Balaban J connectivity index is 2.17. The molecule has 116 valence electrons. The Hall–Kier alpha value is -2.54. The Morgan fingerprint density at radius 1 is 1.39 bits per heavy atom. The van der Waals surface area contributed by atoms with Crippen molar-refractivity contribution in [1.29, 1.82) is 0 Å². The van der Waals surface area contributed by atoms with Crippen LogP contribution in [0.4, 0.5) is 15.8 Å². The van der Waals surface area contributed by atoms with Crippen molar-refractivity contribution < 1.29 is 9.18 Å². The molecule has 0 saturated heterocycles. The number of hydrogen-bond acceptors (Lipinski definition) is 3. The molecule has 1 amide bonds. The zero-order valence-electron chi connectivity index (χ0n) is 12.5. The van der Waals surface area contributed by atoms with Crippen molar-refractivity contribution in [1.82, 2.24) is 15.3 Å². The third-order valence-electron chi connectivity index (χ3n) is 3.51. The molecular weight excluding hydrogens is 317 g/mol. The quantitative estimate of drug-likeness (QED) is 0.640. The number of halogens is 2. The van der Waals surface area contributed by atoms with Crippen molar-refractivity contribution in [3.05, 3.63) is 47.0 Å². The van der Waals surface area contributed by atoms with Gasteiger partial charge >= 0.3 is 0 Å². The van der Waals surface area contributed by atoms with Crippen molar-refractivity contribution in [2.45, 2.75) is 0 Å². The van der Waals surface area contributed by atoms with E-state index in [-0.39, 0.29) is 16.8 Å². The zero-order chi connectivity index (χ0) is 16.6. The summed E-state index contributed by atoms with van der Waals surface area (Å²) in [5, 5.41) is 5.85. The fourth-order valence-corrected chi connectivity index (χ4v) is 2.62. The van der Waals surface area contributed by atoms with Crippen LogP contribution in [-0.2, 0) is 0 Å². The normalized spacial score (nSPS) is 10.7. The summed E-state index contributed by atoms with van der Waals surface area (Å²) in [6.07, 6.45) is 1.38. The van der Waals surface area contributed by atoms with Crippen LogP contribution in [-0.4, -0.2) is 30.8 Å². The van der Waals surface area contributed by atoms with Crippen molar-refractivity contribution in [2.75, 3.05) is 12.4 Å². The summed E-state index contributed by atoms with van der Waals surface area (Å²) in [4.78, 5) is 18.8. The third-order valence-corrected chi connectivity index (χ3v) is 3.82. The topological polar surface area (TPSA) is 69.8 Å². The van der Waals surface area contributed by atoms with Crippen LogP contribution >= 0.6 is 11.6 Å². The average molecular weight is 331 g/mol. The molecule has 8 heteroatoms. The van der Waals surface area contributed by atoms with Crippen molar-refractivity contribution in [2.24, 2.45) is 0 Å². The van der Waals surface area contributed by atoms with Crippen LogP contribution in [0.5, 0.6) is 0 Å². The number of rotatable bonds is 3. The van der Waals surface area contributed by atoms with Gasteiger partial charge < -0.3 is 15.6 Å². The lowest BCUT2D eigenvalue weighted by atomic mass is 9.96. The van der Waals surface area contributed by atoms with Gasteiger partial charge in [-0.3, -0.25) is 4.79 Å². The Bertz CT molecular complexity index is 912. The van der Waals surface area contributed by atoms with Crippen LogP contribution < -0.4 is 16.1 Å². The van der Waals surface area contributed by atoms with Gasteiger partial charge in [0.1, 0.15) is 13.4 Å². The first-order valence-corrected chi connectivity index (χ1v) is 7.30. The van der Waals surface area contributed by atoms with E-state index in [1.807, 2.05) is 13.9 Å². The molecule has 3 rings (SSSR count). The van der Waals surface area contributed by atoms with E-state index < -0.39 is 11.7 Å². The summed E-state index contributed by atoms with van der Waals surface area (Å²) in [7, 11) is 3.39. The van der Waals surface area contributed by atoms with E-state index in [9.17, 15) is 9.18 Å². The van der Waals surface area contributed by atoms with Crippen LogP contribution in [0.25, 0.3) is 11.0 Å². The minimum absolute atomic E-state index is 0.0368. The molecule has 3 N–H and O–H groups in total. The van der Waals surface area contributed by atoms with E-state index in [4.69, 9.17) is 11.6 Å². The summed E-state index contributed by atoms with van der Waals surface area (Å²) in [6, 6.07) is 6.89. The number of H-pyrrole nitrogens is 1. The summed E-state index contributed by atoms with van der Waals surface area (Å²) >= 11 is 6.19. The van der Waals surface area contributed by atoms with E-state index in [2.05, 4.69) is 20.6 Å². The number of anilines is 2. The highest BCUT2D eigenvalue weighted by molar-refractivity contribution is 6.37. The molecule has 2 aromatic carbocycles. The van der Waals surface area contributed by atoms with Gasteiger partial charge in [-0.15, -0.1) is 0 Å². The highest BCUT2D eigenvalue weighted by Crippen LogP contribution is 2.32. The maximum Gasteiger partial charge on any atom is 0.253 e. The molecule has 0 atom stereocenters. The number of nitrogens with zero attached hydrogens (tertiary/aromatic N) is 1. The largest absolute Gasteiger partial charge is 0.355 e. The lowest BCUT2D eigenvalue weighted by Crippen LogP contribution is -2.20. The van der Waals surface area contributed by atoms with Gasteiger partial charge in [-0.05, 0) is 18.2 Å². The number of amides is 1. The molecule has 5 nitrogen and oxygen atoms in total. The predicted molar refractivity (Wildman–Crippen MR) is 92.4 cm³/mol. The summed E-state index contributed by atoms with van der Waals surface area (Å²) in [5.41, 5.74) is 2.30. The first-order chi connectivity index (χ1) is 11.0. The Morgan fingerprint density at radius 2 is 2.17 bits per heavy atom. The first kappa shape index (κ1) is 15.4. The van der Waals surface area contributed by atoms with Gasteiger partial charge in [0.15, 0.2) is 5.82 Å². The van der Waals surface area contributed by atoms with Crippen molar-refractivity contribution in [3.63, 3.8) is 0 Å². The second-order valence-electron chi connectivity index (χ2n) is 5.10. The Kier molecular flexibility index (Phi) is 3.96. The lowest BCUT2D eigenvalue weighted by Gasteiger charge is -2.14. The standard InChI is InChI=1S/C15H13BClFN4O/c1-19-15(23)8-5-11-14(21-6-20-11)12(18)13(8)22-10-3-2-7(16)4-9(10)17/h2-6,22H,16H2,1H3,(H,19,23)(H,20,21). The van der Waals surface area contributed by atoms with Gasteiger partial charge in [-0.25, -0.2) is 9.37 Å². The Labute approximate surface area is 137 Å². The number of imidazole rings is 1. The molecule has 3 aromatic rings. The molecule has 0 aliphatic carbocycles. The number of carbonyl (C=O) groups excluding carboxylic acids is 1. The second-order valence-corrected chi connectivity index (χ2v) is 5.51. The molecule has 0 bridgehead atoms. The third kappa shape index (κ3) is 2.75. The molecule has 23 heavy (non-hydrogen) atoms. The molecule has 0 aliphatic rings. The maximum atomic E-state index is 14.8. The van der Waals surface area contributed by atoms with E-state index in [1.54, 1.807) is 18.2 Å². The smallest absolute Gasteiger partial charge is 0.253 e. The second kappa shape index (κ2) is 5.93. The fourth-order valence-electron chi connectivity index (χ4n) is 2.33. The number of nitrogens with one attached hydrogen (secondary N) is 3. The highest BCUT2D eigenvalue weighted by atomic mass is 35.5. The van der Waals surface area contributed by atoms with E-state index in [1.165, 1.54) is 13.4 Å². The lowest BCUT2D eigenvalue weighted by molar-refractivity contribution is 0.0963. The van der Waals surface area contributed by atoms with Crippen LogP contribution in [0, 0.1) is 5.82 Å². The van der Waals surface area contributed by atoms with Gasteiger partial charge in [0.25, 0.3) is 5.91 Å². The summed E-state index contributed by atoms with van der Waals surface area (Å²) in [5.74, 6) is -1.02.